The second-order valence-electron chi connectivity index (χ2n) is 5.23. The first-order valence-corrected chi connectivity index (χ1v) is 7.22. The van der Waals surface area contributed by atoms with Crippen LogP contribution in [0, 0.1) is 5.92 Å². The zero-order chi connectivity index (χ0) is 14.5. The van der Waals surface area contributed by atoms with Crippen molar-refractivity contribution in [3.8, 4) is 0 Å². The Morgan fingerprint density at radius 1 is 1.50 bits per heavy atom. The molecule has 1 aliphatic rings. The Morgan fingerprint density at radius 2 is 2.20 bits per heavy atom. The fourth-order valence-corrected chi connectivity index (χ4v) is 2.63. The van der Waals surface area contributed by atoms with Crippen molar-refractivity contribution in [3.05, 3.63) is 34.9 Å². The van der Waals surface area contributed by atoms with Crippen molar-refractivity contribution < 1.29 is 14.6 Å². The van der Waals surface area contributed by atoms with Crippen LogP contribution in [0.25, 0.3) is 0 Å². The fourth-order valence-electron chi connectivity index (χ4n) is 2.43. The van der Waals surface area contributed by atoms with E-state index in [1.807, 2.05) is 0 Å². The molecule has 1 aromatic carbocycles. The molecule has 0 bridgehead atoms. The summed E-state index contributed by atoms with van der Waals surface area (Å²) in [6, 6.07) is 6.77. The van der Waals surface area contributed by atoms with Gasteiger partial charge in [0.1, 0.15) is 0 Å². The van der Waals surface area contributed by atoms with E-state index in [1.54, 1.807) is 36.2 Å². The van der Waals surface area contributed by atoms with Gasteiger partial charge in [0.25, 0.3) is 5.91 Å². The van der Waals surface area contributed by atoms with Gasteiger partial charge in [-0.15, -0.1) is 0 Å². The van der Waals surface area contributed by atoms with Crippen molar-refractivity contribution in [2.45, 2.75) is 18.9 Å². The molecule has 0 aliphatic carbocycles. The highest BCUT2D eigenvalue weighted by Gasteiger charge is 2.24. The Kier molecular flexibility index (Phi) is 5.40. The van der Waals surface area contributed by atoms with Gasteiger partial charge in [0.15, 0.2) is 6.10 Å². The molecule has 1 N–H and O–H groups in total. The minimum Gasteiger partial charge on any atom is -0.381 e. The second kappa shape index (κ2) is 7.07. The summed E-state index contributed by atoms with van der Waals surface area (Å²) in [4.78, 5) is 13.8. The first kappa shape index (κ1) is 15.3. The van der Waals surface area contributed by atoms with Gasteiger partial charge < -0.3 is 14.7 Å². The number of ether oxygens (including phenoxy) is 1. The first-order chi connectivity index (χ1) is 9.58. The normalized spacial score (nSPS) is 17.8. The lowest BCUT2D eigenvalue weighted by atomic mass is 9.99. The van der Waals surface area contributed by atoms with Crippen LogP contribution in [0.2, 0.25) is 5.02 Å². The molecule has 2 rings (SSSR count). The SMILES string of the molecule is CN(CC1CCOCC1)C(=O)C(O)c1cccc(Cl)c1. The largest absolute Gasteiger partial charge is 0.381 e. The van der Waals surface area contributed by atoms with Crippen molar-refractivity contribution >= 4 is 17.5 Å². The summed E-state index contributed by atoms with van der Waals surface area (Å²) < 4.78 is 5.30. The zero-order valence-corrected chi connectivity index (χ0v) is 12.3. The number of amides is 1. The van der Waals surface area contributed by atoms with Gasteiger partial charge in [-0.3, -0.25) is 4.79 Å². The molecule has 1 atom stereocenters. The van der Waals surface area contributed by atoms with Gasteiger partial charge in [-0.25, -0.2) is 0 Å². The van der Waals surface area contributed by atoms with E-state index in [2.05, 4.69) is 0 Å². The van der Waals surface area contributed by atoms with E-state index in [0.717, 1.165) is 26.1 Å². The van der Waals surface area contributed by atoms with Crippen molar-refractivity contribution in [3.63, 3.8) is 0 Å². The van der Waals surface area contributed by atoms with Crippen LogP contribution in [-0.4, -0.2) is 42.7 Å². The Labute approximate surface area is 124 Å². The molecule has 5 heteroatoms. The quantitative estimate of drug-likeness (QED) is 0.927. The highest BCUT2D eigenvalue weighted by molar-refractivity contribution is 6.30. The Bertz CT molecular complexity index is 460. The summed E-state index contributed by atoms with van der Waals surface area (Å²) in [5, 5.41) is 10.7. The van der Waals surface area contributed by atoms with Gasteiger partial charge in [0, 0.05) is 31.8 Å². The number of nitrogens with zero attached hydrogens (tertiary/aromatic N) is 1. The van der Waals surface area contributed by atoms with Crippen molar-refractivity contribution in [1.82, 2.24) is 4.90 Å². The van der Waals surface area contributed by atoms with E-state index < -0.39 is 6.10 Å². The average Bonchev–Trinajstić information content (AvgIpc) is 2.46. The number of benzene rings is 1. The summed E-state index contributed by atoms with van der Waals surface area (Å²) in [5.41, 5.74) is 0.529. The molecule has 1 aliphatic heterocycles. The third-order valence-electron chi connectivity index (χ3n) is 3.65. The molecule has 1 saturated heterocycles. The molecule has 20 heavy (non-hydrogen) atoms. The topological polar surface area (TPSA) is 49.8 Å². The lowest BCUT2D eigenvalue weighted by Gasteiger charge is -2.28. The Balaban J connectivity index is 1.95. The molecule has 1 heterocycles. The van der Waals surface area contributed by atoms with Crippen LogP contribution in [0.15, 0.2) is 24.3 Å². The number of aliphatic hydroxyl groups is 1. The van der Waals surface area contributed by atoms with E-state index in [4.69, 9.17) is 16.3 Å². The smallest absolute Gasteiger partial charge is 0.255 e. The molecule has 0 spiro atoms. The number of hydrogen-bond donors (Lipinski definition) is 1. The second-order valence-corrected chi connectivity index (χ2v) is 5.67. The highest BCUT2D eigenvalue weighted by atomic mass is 35.5. The Hall–Kier alpha value is -1.10. The number of carbonyl (C=O) groups excluding carboxylic acids is 1. The van der Waals surface area contributed by atoms with Crippen LogP contribution in [0.4, 0.5) is 0 Å². The van der Waals surface area contributed by atoms with Crippen LogP contribution in [-0.2, 0) is 9.53 Å². The number of likely N-dealkylation sites (N-methyl/N-ethyl adjacent to an activating group) is 1. The molecule has 0 radical (unpaired) electrons. The summed E-state index contributed by atoms with van der Waals surface area (Å²) in [6.45, 7) is 2.16. The Morgan fingerprint density at radius 3 is 2.85 bits per heavy atom. The average molecular weight is 298 g/mol. The van der Waals surface area contributed by atoms with Crippen LogP contribution in [0.5, 0.6) is 0 Å². The van der Waals surface area contributed by atoms with E-state index in [1.165, 1.54) is 0 Å². The van der Waals surface area contributed by atoms with Gasteiger partial charge in [-0.05, 0) is 36.5 Å². The van der Waals surface area contributed by atoms with Crippen molar-refractivity contribution in [2.75, 3.05) is 26.8 Å². The third-order valence-corrected chi connectivity index (χ3v) is 3.88. The molecule has 1 fully saturated rings. The standard InChI is InChI=1S/C15H20ClNO3/c1-17(10-11-5-7-20-8-6-11)15(19)14(18)12-3-2-4-13(16)9-12/h2-4,9,11,14,18H,5-8,10H2,1H3. The maximum atomic E-state index is 12.2. The highest BCUT2D eigenvalue weighted by Crippen LogP contribution is 2.21. The molecule has 1 aromatic rings. The number of rotatable bonds is 4. The summed E-state index contributed by atoms with van der Waals surface area (Å²) in [6.07, 6.45) is 0.772. The summed E-state index contributed by atoms with van der Waals surface area (Å²) >= 11 is 5.88. The van der Waals surface area contributed by atoms with Crippen molar-refractivity contribution in [2.24, 2.45) is 5.92 Å². The number of aliphatic hydroxyl groups excluding tert-OH is 1. The maximum Gasteiger partial charge on any atom is 0.255 e. The van der Waals surface area contributed by atoms with Crippen LogP contribution >= 0.6 is 11.6 Å². The monoisotopic (exact) mass is 297 g/mol. The van der Waals surface area contributed by atoms with Gasteiger partial charge in [0.05, 0.1) is 0 Å². The van der Waals surface area contributed by atoms with Gasteiger partial charge >= 0.3 is 0 Å². The number of hydrogen-bond acceptors (Lipinski definition) is 3. The maximum absolute atomic E-state index is 12.2. The van der Waals surface area contributed by atoms with Crippen LogP contribution < -0.4 is 0 Å². The van der Waals surface area contributed by atoms with Gasteiger partial charge in [-0.1, -0.05) is 23.7 Å². The molecule has 1 amide bonds. The van der Waals surface area contributed by atoms with Crippen LogP contribution in [0.1, 0.15) is 24.5 Å². The van der Waals surface area contributed by atoms with E-state index >= 15 is 0 Å². The molecular formula is C15H20ClNO3. The molecule has 1 unspecified atom stereocenters. The number of carbonyl (C=O) groups is 1. The minimum absolute atomic E-state index is 0.293. The summed E-state index contributed by atoms with van der Waals surface area (Å²) in [5.74, 6) is 0.156. The van der Waals surface area contributed by atoms with E-state index in [-0.39, 0.29) is 5.91 Å². The molecule has 110 valence electrons. The molecular weight excluding hydrogens is 278 g/mol. The van der Waals surface area contributed by atoms with Gasteiger partial charge in [0.2, 0.25) is 0 Å². The molecule has 4 nitrogen and oxygen atoms in total. The predicted molar refractivity (Wildman–Crippen MR) is 77.6 cm³/mol. The zero-order valence-electron chi connectivity index (χ0n) is 11.6. The minimum atomic E-state index is -1.15. The first-order valence-electron chi connectivity index (χ1n) is 6.84. The van der Waals surface area contributed by atoms with E-state index in [0.29, 0.717) is 23.0 Å². The van der Waals surface area contributed by atoms with Gasteiger partial charge in [-0.2, -0.15) is 0 Å². The predicted octanol–water partition coefficient (Wildman–Crippen LogP) is 2.26. The van der Waals surface area contributed by atoms with Crippen LogP contribution in [0.3, 0.4) is 0 Å². The molecule has 0 saturated carbocycles. The third kappa shape index (κ3) is 3.95. The lowest BCUT2D eigenvalue weighted by molar-refractivity contribution is -0.140. The summed E-state index contributed by atoms with van der Waals surface area (Å²) in [7, 11) is 1.73. The van der Waals surface area contributed by atoms with Crippen molar-refractivity contribution in [1.29, 1.82) is 0 Å². The molecule has 0 aromatic heterocycles. The van der Waals surface area contributed by atoms with E-state index in [9.17, 15) is 9.90 Å². The lowest BCUT2D eigenvalue weighted by Crippen LogP contribution is -2.37. The number of halogens is 1. The fraction of sp³-hybridized carbons (Fsp3) is 0.533.